The fraction of sp³-hybridized carbons (Fsp3) is 0.250. The monoisotopic (exact) mass is 369 g/mol. The molecule has 2 aromatic carbocycles. The van der Waals surface area contributed by atoms with Gasteiger partial charge in [0, 0.05) is 45.4 Å². The molecule has 0 fully saturated rings. The number of fused-ring (bicyclic) bond motifs is 1. The van der Waals surface area contributed by atoms with Gasteiger partial charge in [0.1, 0.15) is 11.6 Å². The first-order chi connectivity index (χ1) is 11.6. The van der Waals surface area contributed by atoms with E-state index in [1.807, 2.05) is 0 Å². The second kappa shape index (κ2) is 7.38. The summed E-state index contributed by atoms with van der Waals surface area (Å²) >= 11 is 7.42. The topological polar surface area (TPSA) is 61.6 Å². The van der Waals surface area contributed by atoms with Gasteiger partial charge in [-0.15, -0.1) is 0 Å². The second-order valence-corrected chi connectivity index (χ2v) is 6.55. The van der Waals surface area contributed by atoms with Gasteiger partial charge in [0.2, 0.25) is 0 Å². The Labute approximate surface area is 146 Å². The first-order valence-corrected chi connectivity index (χ1v) is 8.61. The van der Waals surface area contributed by atoms with Gasteiger partial charge in [0.15, 0.2) is 6.79 Å². The molecule has 0 spiro atoms. The molecule has 24 heavy (non-hydrogen) atoms. The van der Waals surface area contributed by atoms with E-state index in [2.05, 4.69) is 0 Å². The first-order valence-electron chi connectivity index (χ1n) is 7.07. The Morgan fingerprint density at radius 2 is 2.17 bits per heavy atom. The lowest BCUT2D eigenvalue weighted by atomic mass is 10.1. The minimum atomic E-state index is -0.448. The van der Waals surface area contributed by atoms with E-state index in [1.54, 1.807) is 12.1 Å². The van der Waals surface area contributed by atoms with Gasteiger partial charge in [-0.05, 0) is 12.1 Å². The summed E-state index contributed by atoms with van der Waals surface area (Å²) in [5, 5.41) is 11.4. The van der Waals surface area contributed by atoms with Crippen molar-refractivity contribution in [2.75, 3.05) is 6.79 Å². The van der Waals surface area contributed by atoms with Crippen molar-refractivity contribution < 1.29 is 18.8 Å². The predicted octanol–water partition coefficient (Wildman–Crippen LogP) is 4.69. The number of halogens is 2. The maximum atomic E-state index is 13.8. The zero-order chi connectivity index (χ0) is 17.1. The Balaban J connectivity index is 1.79. The van der Waals surface area contributed by atoms with Crippen LogP contribution in [-0.2, 0) is 22.8 Å². The lowest BCUT2D eigenvalue weighted by Crippen LogP contribution is -2.13. The number of thioether (sulfide) groups is 1. The fourth-order valence-corrected chi connectivity index (χ4v) is 3.77. The summed E-state index contributed by atoms with van der Waals surface area (Å²) < 4.78 is 24.4. The number of hydrogen-bond acceptors (Lipinski definition) is 5. The molecular formula is C16H13ClFNO4S. The number of nitro benzene ring substituents is 1. The van der Waals surface area contributed by atoms with E-state index in [1.165, 1.54) is 30.0 Å². The van der Waals surface area contributed by atoms with Gasteiger partial charge in [-0.1, -0.05) is 17.7 Å². The summed E-state index contributed by atoms with van der Waals surface area (Å²) in [6.45, 7) is 0.384. The molecule has 0 N–H and O–H groups in total. The summed E-state index contributed by atoms with van der Waals surface area (Å²) in [7, 11) is 0. The molecule has 5 nitrogen and oxygen atoms in total. The van der Waals surface area contributed by atoms with Crippen LogP contribution in [0.25, 0.3) is 0 Å². The van der Waals surface area contributed by atoms with E-state index >= 15 is 0 Å². The van der Waals surface area contributed by atoms with Gasteiger partial charge < -0.3 is 9.47 Å². The maximum Gasteiger partial charge on any atom is 0.270 e. The second-order valence-electron chi connectivity index (χ2n) is 5.15. The van der Waals surface area contributed by atoms with Crippen molar-refractivity contribution in [2.45, 2.75) is 18.1 Å². The average molecular weight is 370 g/mol. The van der Waals surface area contributed by atoms with Crippen LogP contribution in [0.2, 0.25) is 5.02 Å². The number of hydrogen-bond donors (Lipinski definition) is 0. The SMILES string of the molecule is O=[N+]([O-])c1cc2c(c(CSCc3c(F)cccc3Cl)c1)OCOC2. The van der Waals surface area contributed by atoms with E-state index in [0.29, 0.717) is 39.0 Å². The van der Waals surface area contributed by atoms with Crippen LogP contribution in [0.1, 0.15) is 16.7 Å². The van der Waals surface area contributed by atoms with Crippen LogP contribution < -0.4 is 4.74 Å². The standard InChI is InChI=1S/C16H13ClFNO4S/c17-14-2-1-3-15(18)13(14)8-24-7-11-5-12(19(20)21)4-10-6-22-9-23-16(10)11/h1-5H,6-9H2. The molecule has 1 aliphatic rings. The number of benzene rings is 2. The molecule has 0 aromatic heterocycles. The van der Waals surface area contributed by atoms with Gasteiger partial charge in [-0.25, -0.2) is 4.39 Å². The highest BCUT2D eigenvalue weighted by molar-refractivity contribution is 7.97. The van der Waals surface area contributed by atoms with Crippen LogP contribution in [0.4, 0.5) is 10.1 Å². The van der Waals surface area contributed by atoms with E-state index in [-0.39, 0.29) is 24.9 Å². The van der Waals surface area contributed by atoms with Crippen molar-refractivity contribution in [1.29, 1.82) is 0 Å². The van der Waals surface area contributed by atoms with Gasteiger partial charge in [-0.2, -0.15) is 11.8 Å². The van der Waals surface area contributed by atoms with Gasteiger partial charge in [0.25, 0.3) is 5.69 Å². The van der Waals surface area contributed by atoms with Crippen molar-refractivity contribution >= 4 is 29.1 Å². The zero-order valence-electron chi connectivity index (χ0n) is 12.5. The quantitative estimate of drug-likeness (QED) is 0.565. The molecule has 0 unspecified atom stereocenters. The predicted molar refractivity (Wildman–Crippen MR) is 89.8 cm³/mol. The van der Waals surface area contributed by atoms with Crippen LogP contribution in [0.3, 0.4) is 0 Å². The molecule has 0 atom stereocenters. The number of non-ortho nitro benzene ring substituents is 1. The normalized spacial score (nSPS) is 13.2. The van der Waals surface area contributed by atoms with Crippen molar-refractivity contribution in [3.8, 4) is 5.75 Å². The largest absolute Gasteiger partial charge is 0.467 e. The summed E-state index contributed by atoms with van der Waals surface area (Å²) in [6.07, 6.45) is 0. The van der Waals surface area contributed by atoms with Crippen LogP contribution in [0.15, 0.2) is 30.3 Å². The molecule has 1 aliphatic heterocycles. The molecule has 1 heterocycles. The number of nitro groups is 1. The molecule has 0 bridgehead atoms. The Morgan fingerprint density at radius 1 is 1.33 bits per heavy atom. The minimum absolute atomic E-state index is 0.0117. The highest BCUT2D eigenvalue weighted by atomic mass is 35.5. The van der Waals surface area contributed by atoms with Crippen LogP contribution in [0, 0.1) is 15.9 Å². The van der Waals surface area contributed by atoms with E-state index in [9.17, 15) is 14.5 Å². The van der Waals surface area contributed by atoms with Gasteiger partial charge in [-0.3, -0.25) is 10.1 Å². The summed E-state index contributed by atoms with van der Waals surface area (Å²) in [5.74, 6) is 1.05. The maximum absolute atomic E-state index is 13.8. The lowest BCUT2D eigenvalue weighted by Gasteiger charge is -2.20. The molecule has 3 rings (SSSR count). The molecule has 0 amide bonds. The van der Waals surface area contributed by atoms with Crippen molar-refractivity contribution in [2.24, 2.45) is 0 Å². The highest BCUT2D eigenvalue weighted by Gasteiger charge is 2.21. The van der Waals surface area contributed by atoms with E-state index in [4.69, 9.17) is 21.1 Å². The number of nitrogens with zero attached hydrogens (tertiary/aromatic N) is 1. The van der Waals surface area contributed by atoms with Crippen LogP contribution in [-0.4, -0.2) is 11.7 Å². The third kappa shape index (κ3) is 3.63. The molecule has 0 saturated carbocycles. The molecule has 0 saturated heterocycles. The summed E-state index contributed by atoms with van der Waals surface area (Å²) in [4.78, 5) is 10.6. The van der Waals surface area contributed by atoms with Gasteiger partial charge >= 0.3 is 0 Å². The first kappa shape index (κ1) is 17.0. The lowest BCUT2D eigenvalue weighted by molar-refractivity contribution is -0.385. The van der Waals surface area contributed by atoms with Crippen molar-refractivity contribution in [1.82, 2.24) is 0 Å². The Kier molecular flexibility index (Phi) is 5.23. The zero-order valence-corrected chi connectivity index (χ0v) is 14.0. The Bertz CT molecular complexity index is 767. The number of ether oxygens (including phenoxy) is 2. The molecule has 0 aliphatic carbocycles. The van der Waals surface area contributed by atoms with Crippen LogP contribution >= 0.6 is 23.4 Å². The molecule has 8 heteroatoms. The fourth-order valence-electron chi connectivity index (χ4n) is 2.43. The smallest absolute Gasteiger partial charge is 0.270 e. The summed E-state index contributed by atoms with van der Waals surface area (Å²) in [6, 6.07) is 7.49. The highest BCUT2D eigenvalue weighted by Crippen LogP contribution is 2.36. The summed E-state index contributed by atoms with van der Waals surface area (Å²) in [5.41, 5.74) is 1.75. The third-order valence-corrected chi connectivity index (χ3v) is 4.91. The van der Waals surface area contributed by atoms with Crippen LogP contribution in [0.5, 0.6) is 5.75 Å². The van der Waals surface area contributed by atoms with E-state index in [0.717, 1.165) is 0 Å². The minimum Gasteiger partial charge on any atom is -0.467 e. The average Bonchev–Trinajstić information content (AvgIpc) is 2.57. The molecule has 0 radical (unpaired) electrons. The number of rotatable bonds is 5. The Morgan fingerprint density at radius 3 is 2.92 bits per heavy atom. The Hall–Kier alpha value is -1.83. The van der Waals surface area contributed by atoms with Crippen molar-refractivity contribution in [3.63, 3.8) is 0 Å². The van der Waals surface area contributed by atoms with Gasteiger partial charge in [0.05, 0.1) is 11.5 Å². The third-order valence-electron chi connectivity index (χ3n) is 3.55. The van der Waals surface area contributed by atoms with E-state index < -0.39 is 4.92 Å². The van der Waals surface area contributed by atoms with Crippen molar-refractivity contribution in [3.05, 3.63) is 68.0 Å². The molecule has 2 aromatic rings. The molecule has 126 valence electrons. The molecular weight excluding hydrogens is 357 g/mol.